The van der Waals surface area contributed by atoms with E-state index in [2.05, 4.69) is 31.2 Å². The molecule has 3 rings (SSSR count). The number of halogens is 1. The summed E-state index contributed by atoms with van der Waals surface area (Å²) in [6.07, 6.45) is 15.2. The molecule has 2 fully saturated rings. The summed E-state index contributed by atoms with van der Waals surface area (Å²) in [4.78, 5) is 0. The summed E-state index contributed by atoms with van der Waals surface area (Å²) in [6, 6.07) is 8.84. The van der Waals surface area contributed by atoms with Crippen molar-refractivity contribution in [1.29, 1.82) is 0 Å². The third-order valence-corrected chi connectivity index (χ3v) is 6.71. The van der Waals surface area contributed by atoms with E-state index < -0.39 is 0 Å². The Labute approximate surface area is 159 Å². The van der Waals surface area contributed by atoms with E-state index in [4.69, 9.17) is 4.74 Å². The molecule has 0 atom stereocenters. The lowest BCUT2D eigenvalue weighted by Crippen LogP contribution is -2.25. The maximum absolute atomic E-state index is 12.2. The van der Waals surface area contributed by atoms with E-state index in [0.717, 1.165) is 55.2 Å². The van der Waals surface area contributed by atoms with Crippen molar-refractivity contribution >= 4 is 0 Å². The van der Waals surface area contributed by atoms with Crippen molar-refractivity contribution in [3.63, 3.8) is 0 Å². The predicted octanol–water partition coefficient (Wildman–Crippen LogP) is 7.43. The van der Waals surface area contributed by atoms with Crippen LogP contribution < -0.4 is 4.74 Å². The lowest BCUT2D eigenvalue weighted by molar-refractivity contribution is 0.160. The molecule has 26 heavy (non-hydrogen) atoms. The smallest absolute Gasteiger partial charge is 0.119 e. The fourth-order valence-electron chi connectivity index (χ4n) is 5.12. The first-order valence-electron chi connectivity index (χ1n) is 10.8. The molecule has 0 amide bonds. The average molecular weight is 359 g/mol. The van der Waals surface area contributed by atoms with Crippen LogP contribution in [0.5, 0.6) is 5.75 Å². The number of allylic oxidation sites excluding steroid dienone is 1. The summed E-state index contributed by atoms with van der Waals surface area (Å²) < 4.78 is 17.9. The highest BCUT2D eigenvalue weighted by atomic mass is 19.1. The Morgan fingerprint density at radius 3 is 2.12 bits per heavy atom. The molecule has 2 saturated carbocycles. The van der Waals surface area contributed by atoms with E-state index in [1.807, 2.05) is 0 Å². The standard InChI is InChI=1S/C24H35FO/c1-2-18-26-24-15-13-23(14-16-24)22-11-9-21(10-12-22)20-7-5-19(6-8-20)4-3-17-25/h3,13-17,19-22H,2,4-12,18H2,1H3/b17-3+. The van der Waals surface area contributed by atoms with E-state index in [-0.39, 0.29) is 0 Å². The molecule has 0 heterocycles. The molecule has 2 heteroatoms. The number of hydrogen-bond acceptors (Lipinski definition) is 1. The Hall–Kier alpha value is -1.31. The molecule has 2 aliphatic rings. The minimum absolute atomic E-state index is 0.718. The lowest BCUT2D eigenvalue weighted by atomic mass is 9.68. The second-order valence-electron chi connectivity index (χ2n) is 8.41. The van der Waals surface area contributed by atoms with Gasteiger partial charge < -0.3 is 4.74 Å². The van der Waals surface area contributed by atoms with Crippen LogP contribution in [0.3, 0.4) is 0 Å². The number of benzene rings is 1. The van der Waals surface area contributed by atoms with Crippen molar-refractivity contribution in [1.82, 2.24) is 0 Å². The maximum Gasteiger partial charge on any atom is 0.119 e. The fourth-order valence-corrected chi connectivity index (χ4v) is 5.12. The second kappa shape index (κ2) is 10.1. The van der Waals surface area contributed by atoms with Gasteiger partial charge in [-0.1, -0.05) is 25.1 Å². The van der Waals surface area contributed by atoms with Gasteiger partial charge in [-0.05, 0) is 106 Å². The fraction of sp³-hybridized carbons (Fsp3) is 0.667. The molecule has 0 aliphatic heterocycles. The van der Waals surface area contributed by atoms with Crippen LogP contribution in [0.2, 0.25) is 0 Å². The van der Waals surface area contributed by atoms with E-state index >= 15 is 0 Å². The Balaban J connectivity index is 1.43. The molecule has 0 saturated heterocycles. The summed E-state index contributed by atoms with van der Waals surface area (Å²) in [5.41, 5.74) is 1.49. The van der Waals surface area contributed by atoms with Gasteiger partial charge in [-0.25, -0.2) is 4.39 Å². The molecule has 1 nitrogen and oxygen atoms in total. The van der Waals surface area contributed by atoms with Crippen molar-refractivity contribution in [2.75, 3.05) is 6.61 Å². The molecule has 0 N–H and O–H groups in total. The van der Waals surface area contributed by atoms with Gasteiger partial charge in [0.05, 0.1) is 12.9 Å². The summed E-state index contributed by atoms with van der Waals surface area (Å²) >= 11 is 0. The van der Waals surface area contributed by atoms with E-state index in [1.165, 1.54) is 56.9 Å². The molecule has 0 spiro atoms. The Kier molecular flexibility index (Phi) is 7.58. The zero-order valence-electron chi connectivity index (χ0n) is 16.3. The topological polar surface area (TPSA) is 9.23 Å². The summed E-state index contributed by atoms with van der Waals surface area (Å²) in [6.45, 7) is 2.94. The molecular formula is C24H35FO. The van der Waals surface area contributed by atoms with Crippen molar-refractivity contribution in [3.8, 4) is 5.75 Å². The molecule has 1 aromatic rings. The molecule has 0 unspecified atom stereocenters. The first-order valence-corrected chi connectivity index (χ1v) is 10.8. The van der Waals surface area contributed by atoms with Crippen molar-refractivity contribution in [2.45, 2.75) is 77.0 Å². The Morgan fingerprint density at radius 2 is 1.54 bits per heavy atom. The van der Waals surface area contributed by atoms with Gasteiger partial charge in [-0.2, -0.15) is 0 Å². The number of hydrogen-bond donors (Lipinski definition) is 0. The van der Waals surface area contributed by atoms with E-state index in [1.54, 1.807) is 6.08 Å². The molecule has 0 radical (unpaired) electrons. The number of rotatable bonds is 7. The molecule has 0 bridgehead atoms. The lowest BCUT2D eigenvalue weighted by Gasteiger charge is -2.38. The summed E-state index contributed by atoms with van der Waals surface area (Å²) in [7, 11) is 0. The van der Waals surface area contributed by atoms with Crippen LogP contribution in [0.25, 0.3) is 0 Å². The van der Waals surface area contributed by atoms with Gasteiger partial charge in [0.15, 0.2) is 0 Å². The quantitative estimate of drug-likeness (QED) is 0.492. The number of ether oxygens (including phenoxy) is 1. The van der Waals surface area contributed by atoms with Crippen molar-refractivity contribution in [2.24, 2.45) is 17.8 Å². The minimum Gasteiger partial charge on any atom is -0.494 e. The van der Waals surface area contributed by atoms with Crippen LogP contribution in [-0.2, 0) is 0 Å². The highest BCUT2D eigenvalue weighted by molar-refractivity contribution is 5.29. The third kappa shape index (κ3) is 5.34. The van der Waals surface area contributed by atoms with E-state index in [0.29, 0.717) is 0 Å². The van der Waals surface area contributed by atoms with Crippen LogP contribution in [0.1, 0.15) is 82.6 Å². The summed E-state index contributed by atoms with van der Waals surface area (Å²) in [5.74, 6) is 4.31. The molecule has 2 aliphatic carbocycles. The zero-order chi connectivity index (χ0) is 18.2. The zero-order valence-corrected chi connectivity index (χ0v) is 16.3. The van der Waals surface area contributed by atoms with Crippen LogP contribution in [0, 0.1) is 17.8 Å². The van der Waals surface area contributed by atoms with Crippen LogP contribution >= 0.6 is 0 Å². The van der Waals surface area contributed by atoms with Crippen LogP contribution in [0.15, 0.2) is 36.7 Å². The first kappa shape index (κ1) is 19.5. The van der Waals surface area contributed by atoms with Crippen molar-refractivity contribution in [3.05, 3.63) is 42.2 Å². The van der Waals surface area contributed by atoms with Gasteiger partial charge in [0.25, 0.3) is 0 Å². The Bertz CT molecular complexity index is 534. The highest BCUT2D eigenvalue weighted by Gasteiger charge is 2.31. The van der Waals surface area contributed by atoms with E-state index in [9.17, 15) is 4.39 Å². The largest absolute Gasteiger partial charge is 0.494 e. The van der Waals surface area contributed by atoms with Crippen molar-refractivity contribution < 1.29 is 9.13 Å². The molecule has 0 aromatic heterocycles. The van der Waals surface area contributed by atoms with Gasteiger partial charge >= 0.3 is 0 Å². The van der Waals surface area contributed by atoms with Gasteiger partial charge in [-0.3, -0.25) is 0 Å². The van der Waals surface area contributed by atoms with Crippen LogP contribution in [-0.4, -0.2) is 6.61 Å². The minimum atomic E-state index is 0.718. The third-order valence-electron chi connectivity index (χ3n) is 6.71. The summed E-state index contributed by atoms with van der Waals surface area (Å²) in [5, 5.41) is 0. The Morgan fingerprint density at radius 1 is 0.923 bits per heavy atom. The highest BCUT2D eigenvalue weighted by Crippen LogP contribution is 2.44. The average Bonchev–Trinajstić information content (AvgIpc) is 2.72. The molecular weight excluding hydrogens is 323 g/mol. The normalized spacial score (nSPS) is 29.8. The van der Waals surface area contributed by atoms with Gasteiger partial charge in [0, 0.05) is 0 Å². The predicted molar refractivity (Wildman–Crippen MR) is 107 cm³/mol. The SMILES string of the molecule is CCCOc1ccc(C2CCC(C3CCC(C/C=C/F)CC3)CC2)cc1. The maximum atomic E-state index is 12.2. The van der Waals surface area contributed by atoms with Gasteiger partial charge in [0.2, 0.25) is 0 Å². The van der Waals surface area contributed by atoms with Gasteiger partial charge in [0.1, 0.15) is 5.75 Å². The molecule has 1 aromatic carbocycles. The second-order valence-corrected chi connectivity index (χ2v) is 8.41. The van der Waals surface area contributed by atoms with Gasteiger partial charge in [-0.15, -0.1) is 0 Å². The molecule has 144 valence electrons. The monoisotopic (exact) mass is 358 g/mol. The van der Waals surface area contributed by atoms with Crippen LogP contribution in [0.4, 0.5) is 4.39 Å². The first-order chi connectivity index (χ1) is 12.8.